The zero-order chi connectivity index (χ0) is 24.8. The summed E-state index contributed by atoms with van der Waals surface area (Å²) in [7, 11) is -0.490. The van der Waals surface area contributed by atoms with E-state index in [1.54, 1.807) is 30.3 Å². The molecule has 4 rings (SSSR count). The van der Waals surface area contributed by atoms with E-state index in [-0.39, 0.29) is 11.4 Å². The molecule has 0 bridgehead atoms. The van der Waals surface area contributed by atoms with Crippen LogP contribution >= 0.6 is 0 Å². The van der Waals surface area contributed by atoms with E-state index in [0.717, 1.165) is 36.5 Å². The van der Waals surface area contributed by atoms with E-state index in [4.69, 9.17) is 0 Å². The van der Waals surface area contributed by atoms with Gasteiger partial charge < -0.3 is 0 Å². The van der Waals surface area contributed by atoms with Gasteiger partial charge in [-0.05, 0) is 59.2 Å². The molecular weight excluding hydrogens is 464 g/mol. The fraction of sp³-hybridized carbons (Fsp3) is 0.400. The summed E-state index contributed by atoms with van der Waals surface area (Å²) in [6.45, 7) is 2.27. The highest BCUT2D eigenvalue weighted by Gasteiger charge is 2.22. The molecule has 0 N–H and O–H groups in total. The Kier molecular flexibility index (Phi) is 8.82. The van der Waals surface area contributed by atoms with Crippen molar-refractivity contribution in [2.45, 2.75) is 70.0 Å². The molecule has 35 heavy (non-hydrogen) atoms. The predicted octanol–water partition coefficient (Wildman–Crippen LogP) is 9.34. The normalized spacial score (nSPS) is 18.1. The molecule has 1 aliphatic rings. The second kappa shape index (κ2) is 12.0. The molecule has 0 nitrogen and oxygen atoms in total. The average molecular weight is 499 g/mol. The fourth-order valence-electron chi connectivity index (χ4n) is 5.38. The Morgan fingerprint density at radius 1 is 0.743 bits per heavy atom. The maximum atomic E-state index is 14.9. The van der Waals surface area contributed by atoms with Gasteiger partial charge in [-0.2, -0.15) is 0 Å². The highest BCUT2D eigenvalue weighted by Crippen LogP contribution is 2.32. The quantitative estimate of drug-likeness (QED) is 0.119. The highest BCUT2D eigenvalue weighted by atomic mass is 28.3. The molecule has 0 aliphatic carbocycles. The van der Waals surface area contributed by atoms with E-state index in [9.17, 15) is 17.6 Å². The van der Waals surface area contributed by atoms with Crippen LogP contribution in [0.15, 0.2) is 54.6 Å². The first-order valence-electron chi connectivity index (χ1n) is 13.0. The minimum atomic E-state index is -1.48. The van der Waals surface area contributed by atoms with E-state index < -0.39 is 26.2 Å². The molecule has 0 unspecified atom stereocenters. The third-order valence-electron chi connectivity index (χ3n) is 7.57. The summed E-state index contributed by atoms with van der Waals surface area (Å²) in [4.78, 5) is 0. The summed E-state index contributed by atoms with van der Waals surface area (Å²) >= 11 is 0. The Bertz CT molecular complexity index is 1090. The molecule has 0 amide bonds. The molecule has 1 heterocycles. The second-order valence-electron chi connectivity index (χ2n) is 10.1. The van der Waals surface area contributed by atoms with Gasteiger partial charge in [0.15, 0.2) is 17.5 Å². The number of rotatable bonds is 9. The van der Waals surface area contributed by atoms with Crippen LogP contribution in [0.25, 0.3) is 22.3 Å². The Labute approximate surface area is 208 Å². The molecule has 3 aromatic rings. The third-order valence-corrected chi connectivity index (χ3v) is 11.1. The Morgan fingerprint density at radius 2 is 1.40 bits per heavy atom. The standard InChI is InChI=1S/C30H34F4Si/c1-2-3-4-15-35-16-13-21(14-17-35)5-6-22-7-12-26(27(31)18-22)24-10-8-23(9-11-24)25-19-28(32)30(34)29(33)20-25/h7-12,18-21,35H,2-6,13-17H2,1H3. The maximum Gasteiger partial charge on any atom is 0.194 e. The molecule has 1 aliphatic heterocycles. The lowest BCUT2D eigenvalue weighted by molar-refractivity contribution is 0.436. The van der Waals surface area contributed by atoms with Gasteiger partial charge >= 0.3 is 0 Å². The van der Waals surface area contributed by atoms with Crippen molar-refractivity contribution in [3.05, 3.63) is 83.4 Å². The summed E-state index contributed by atoms with van der Waals surface area (Å²) in [5.74, 6) is -3.42. The number of benzene rings is 3. The predicted molar refractivity (Wildman–Crippen MR) is 139 cm³/mol. The van der Waals surface area contributed by atoms with Crippen LogP contribution < -0.4 is 0 Å². The fourth-order valence-corrected chi connectivity index (χ4v) is 8.99. The number of halogens is 4. The van der Waals surface area contributed by atoms with Crippen LogP contribution in [0.5, 0.6) is 0 Å². The second-order valence-corrected chi connectivity index (χ2v) is 13.5. The van der Waals surface area contributed by atoms with Crippen LogP contribution in [0.1, 0.15) is 51.0 Å². The van der Waals surface area contributed by atoms with Crippen LogP contribution in [-0.2, 0) is 6.42 Å². The summed E-state index contributed by atoms with van der Waals surface area (Å²) in [6, 6.07) is 18.6. The van der Waals surface area contributed by atoms with E-state index >= 15 is 0 Å². The van der Waals surface area contributed by atoms with Gasteiger partial charge in [-0.1, -0.05) is 93.6 Å². The minimum Gasteiger partial charge on any atom is -0.206 e. The molecule has 1 fully saturated rings. The first kappa shape index (κ1) is 25.7. The van der Waals surface area contributed by atoms with Gasteiger partial charge in [-0.3, -0.25) is 0 Å². The van der Waals surface area contributed by atoms with Crippen LogP contribution in [0.3, 0.4) is 0 Å². The molecule has 5 heteroatoms. The monoisotopic (exact) mass is 498 g/mol. The van der Waals surface area contributed by atoms with Gasteiger partial charge in [0.1, 0.15) is 5.82 Å². The van der Waals surface area contributed by atoms with Crippen molar-refractivity contribution < 1.29 is 17.6 Å². The molecule has 3 aromatic carbocycles. The zero-order valence-electron chi connectivity index (χ0n) is 20.4. The van der Waals surface area contributed by atoms with Crippen molar-refractivity contribution in [2.24, 2.45) is 5.92 Å². The minimum absolute atomic E-state index is 0.237. The van der Waals surface area contributed by atoms with Gasteiger partial charge in [0.2, 0.25) is 0 Å². The van der Waals surface area contributed by atoms with Crippen molar-refractivity contribution in [1.82, 2.24) is 0 Å². The van der Waals surface area contributed by atoms with Crippen molar-refractivity contribution in [1.29, 1.82) is 0 Å². The molecular formula is C30H34F4Si. The van der Waals surface area contributed by atoms with Crippen molar-refractivity contribution in [3.63, 3.8) is 0 Å². The maximum absolute atomic E-state index is 14.9. The third kappa shape index (κ3) is 6.63. The molecule has 0 aromatic heterocycles. The molecule has 186 valence electrons. The van der Waals surface area contributed by atoms with Gasteiger partial charge in [-0.25, -0.2) is 17.6 Å². The van der Waals surface area contributed by atoms with Crippen LogP contribution in [0, 0.1) is 29.2 Å². The van der Waals surface area contributed by atoms with Crippen molar-refractivity contribution >= 4 is 8.80 Å². The summed E-state index contributed by atoms with van der Waals surface area (Å²) in [5.41, 5.74) is 2.98. The van der Waals surface area contributed by atoms with E-state index in [2.05, 4.69) is 6.92 Å². The SMILES string of the molecule is CCCCC[SiH]1CCC(CCc2ccc(-c3ccc(-c4cc(F)c(F)c(F)c4)cc3)c(F)c2)CC1. The number of hydrogen-bond donors (Lipinski definition) is 0. The average Bonchev–Trinajstić information content (AvgIpc) is 2.87. The zero-order valence-corrected chi connectivity index (χ0v) is 21.6. The molecule has 0 spiro atoms. The van der Waals surface area contributed by atoms with Crippen LogP contribution in [0.2, 0.25) is 18.1 Å². The van der Waals surface area contributed by atoms with Crippen molar-refractivity contribution in [3.8, 4) is 22.3 Å². The summed E-state index contributed by atoms with van der Waals surface area (Å²) in [5, 5.41) is 0. The van der Waals surface area contributed by atoms with E-state index in [1.807, 2.05) is 12.1 Å². The topological polar surface area (TPSA) is 0 Å². The summed E-state index contributed by atoms with van der Waals surface area (Å²) < 4.78 is 55.3. The van der Waals surface area contributed by atoms with Gasteiger partial charge in [0.05, 0.1) is 0 Å². The number of aryl methyl sites for hydroxylation is 1. The van der Waals surface area contributed by atoms with Crippen LogP contribution in [-0.4, -0.2) is 8.80 Å². The number of unbranched alkanes of at least 4 members (excludes halogenated alkanes) is 2. The van der Waals surface area contributed by atoms with Crippen LogP contribution in [0.4, 0.5) is 17.6 Å². The van der Waals surface area contributed by atoms with E-state index in [0.29, 0.717) is 16.7 Å². The lowest BCUT2D eigenvalue weighted by Crippen LogP contribution is -2.21. The molecule has 1 saturated heterocycles. The Morgan fingerprint density at radius 3 is 2.03 bits per heavy atom. The first-order valence-corrected chi connectivity index (χ1v) is 15.4. The molecule has 0 atom stereocenters. The highest BCUT2D eigenvalue weighted by molar-refractivity contribution is 6.58. The summed E-state index contributed by atoms with van der Waals surface area (Å²) in [6.07, 6.45) is 8.87. The van der Waals surface area contributed by atoms with Gasteiger partial charge in [0.25, 0.3) is 0 Å². The Hall–Kier alpha value is -2.40. The molecule has 0 saturated carbocycles. The lowest BCUT2D eigenvalue weighted by Gasteiger charge is -2.27. The van der Waals surface area contributed by atoms with E-state index in [1.165, 1.54) is 50.2 Å². The smallest absolute Gasteiger partial charge is 0.194 e. The largest absolute Gasteiger partial charge is 0.206 e. The first-order chi connectivity index (χ1) is 16.9. The number of hydrogen-bond acceptors (Lipinski definition) is 0. The Balaban J connectivity index is 1.34. The molecule has 0 radical (unpaired) electrons. The van der Waals surface area contributed by atoms with Crippen molar-refractivity contribution in [2.75, 3.05) is 0 Å². The van der Waals surface area contributed by atoms with Gasteiger partial charge in [0, 0.05) is 14.4 Å². The lowest BCUT2D eigenvalue weighted by atomic mass is 9.93. The van der Waals surface area contributed by atoms with Gasteiger partial charge in [-0.15, -0.1) is 0 Å².